The van der Waals surface area contributed by atoms with Gasteiger partial charge in [-0.05, 0) is 122 Å². The predicted octanol–water partition coefficient (Wildman–Crippen LogP) is 23.6. The molecule has 0 spiro atoms. The fourth-order valence-electron chi connectivity index (χ4n) is 14.2. The standard InChI is InChI=1S/C84H76N4O2S8/c1-7-11-15-19-23-53-27-35-58(36-28-53)83(59-37-29-54(30-38-59)24-20-16-12-8-2)70-74-68(49-64(93-74)47-62-43-45-66(91-62)57(51-85)52-86)95-76(70)78-72(89-83)80-81(97-78)73-79(98-80)77-71(75-69(96-77)50-65(94-75)48-63-44-46-67(92-63)82(87-5)88-6)84(90-73,60-39-31-55(32-40-60)25-21-17-13-9-3)61-41-33-56(34-42-61)26-22-18-14-10-4/h27-50H,7-26H2,1-4H3/b62-47+,63-48+. The van der Waals surface area contributed by atoms with E-state index >= 15 is 0 Å². The molecule has 492 valence electrons. The predicted molar refractivity (Wildman–Crippen MR) is 421 cm³/mol. The first-order chi connectivity index (χ1) is 48.1. The van der Waals surface area contributed by atoms with E-state index in [1.807, 2.05) is 69.6 Å². The Balaban J connectivity index is 1.00. The lowest BCUT2D eigenvalue weighted by Crippen LogP contribution is -2.38. The number of thiophene rings is 8. The minimum absolute atomic E-state index is 0.101. The van der Waals surface area contributed by atoms with Crippen molar-refractivity contribution in [2.75, 3.05) is 0 Å². The Bertz CT molecular complexity index is 4860. The maximum absolute atomic E-state index is 9.79. The molecular weight excluding hydrogens is 1350 g/mol. The third kappa shape index (κ3) is 12.9. The van der Waals surface area contributed by atoms with E-state index in [-0.39, 0.29) is 11.4 Å². The summed E-state index contributed by atoms with van der Waals surface area (Å²) in [5.41, 5.74) is 10.1. The number of fused-ring (bicyclic) bond motifs is 13. The zero-order valence-electron chi connectivity index (χ0n) is 55.9. The maximum Gasteiger partial charge on any atom is 0.536 e. The second kappa shape index (κ2) is 30.0. The van der Waals surface area contributed by atoms with Gasteiger partial charge in [0.2, 0.25) is 0 Å². The minimum Gasteiger partial charge on any atom is -0.470 e. The van der Waals surface area contributed by atoms with Crippen molar-refractivity contribution in [1.82, 2.24) is 0 Å². The van der Waals surface area contributed by atoms with E-state index < -0.39 is 11.2 Å². The molecule has 0 fully saturated rings. The Labute approximate surface area is 607 Å². The van der Waals surface area contributed by atoms with E-state index in [1.165, 1.54) is 162 Å². The van der Waals surface area contributed by atoms with Crippen LogP contribution < -0.4 is 27.6 Å². The molecule has 14 rings (SSSR count). The van der Waals surface area contributed by atoms with Crippen LogP contribution in [0.4, 0.5) is 0 Å². The van der Waals surface area contributed by atoms with Gasteiger partial charge in [-0.2, -0.15) is 20.2 Å². The zero-order chi connectivity index (χ0) is 67.3. The van der Waals surface area contributed by atoms with Gasteiger partial charge in [0, 0.05) is 61.6 Å². The van der Waals surface area contributed by atoms with E-state index in [4.69, 9.17) is 22.6 Å². The van der Waals surface area contributed by atoms with E-state index in [2.05, 4.69) is 171 Å². The molecular formula is C84H76N4O2S8. The summed E-state index contributed by atoms with van der Waals surface area (Å²) in [6, 6.07) is 54.4. The molecule has 0 bridgehead atoms. The van der Waals surface area contributed by atoms with Gasteiger partial charge in [0.05, 0.1) is 42.8 Å². The Morgan fingerprint density at radius 3 is 1.08 bits per heavy atom. The van der Waals surface area contributed by atoms with Gasteiger partial charge in [-0.1, -0.05) is 202 Å². The van der Waals surface area contributed by atoms with Crippen LogP contribution in [0.25, 0.3) is 80.9 Å². The molecule has 10 heterocycles. The normalized spacial score (nSPS) is 13.7. The molecule has 0 unspecified atom stereocenters. The SMILES string of the molecule is [C-]#[N+]C([N+]#[C-])=c1cc/c(=C\c2cc3sc4c(c3s2)C(c2ccc(CCCCCC)cc2)(c2ccc(CCCCCC)cc2)Oc2c-4sc3c4c(sc23)-c2sc3cc(/C=c5\ccc(=C(C#N)C#N)s5)sc3c2C(c2ccc(CCCCCC)cc2)(c2ccc(CCCCCC)cc2)O4)s1. The molecule has 4 aromatic carbocycles. The van der Waals surface area contributed by atoms with Crippen LogP contribution in [-0.2, 0) is 36.9 Å². The van der Waals surface area contributed by atoms with Crippen molar-refractivity contribution in [3.8, 4) is 43.1 Å². The van der Waals surface area contributed by atoms with Gasteiger partial charge >= 0.3 is 5.82 Å². The molecule has 2 aliphatic heterocycles. The van der Waals surface area contributed by atoms with Gasteiger partial charge in [-0.15, -0.1) is 90.7 Å². The van der Waals surface area contributed by atoms with E-state index in [1.54, 1.807) is 22.7 Å². The second-order valence-corrected chi connectivity index (χ2v) is 34.5. The Morgan fingerprint density at radius 2 is 0.745 bits per heavy atom. The van der Waals surface area contributed by atoms with Crippen molar-refractivity contribution in [3.63, 3.8) is 0 Å². The number of unbranched alkanes of at least 4 members (excludes halogenated alkanes) is 12. The number of benzene rings is 4. The summed E-state index contributed by atoms with van der Waals surface area (Å²) in [7, 11) is 0. The summed E-state index contributed by atoms with van der Waals surface area (Å²) in [4.78, 5) is 14.0. The summed E-state index contributed by atoms with van der Waals surface area (Å²) in [5, 5.41) is 19.6. The van der Waals surface area contributed by atoms with Crippen LogP contribution in [0.1, 0.15) is 196 Å². The molecule has 6 nitrogen and oxygen atoms in total. The quantitative estimate of drug-likeness (QED) is 0.0400. The molecule has 14 heteroatoms. The lowest BCUT2D eigenvalue weighted by atomic mass is 9.78. The first-order valence-corrected chi connectivity index (χ1v) is 41.4. The molecule has 0 amide bonds. The number of hydrogen-bond donors (Lipinski definition) is 0. The number of hydrogen-bond acceptors (Lipinski definition) is 12. The number of rotatable bonds is 26. The summed E-state index contributed by atoms with van der Waals surface area (Å²) >= 11 is 13.9. The summed E-state index contributed by atoms with van der Waals surface area (Å²) in [6.45, 7) is 24.5. The maximum atomic E-state index is 9.79. The first kappa shape index (κ1) is 67.5. The topological polar surface area (TPSA) is 74.8 Å². The minimum atomic E-state index is -1.05. The molecule has 12 aromatic rings. The third-order valence-corrected chi connectivity index (χ3v) is 28.9. The van der Waals surface area contributed by atoms with Crippen molar-refractivity contribution in [2.24, 2.45) is 0 Å². The first-order valence-electron chi connectivity index (χ1n) is 34.8. The summed E-state index contributed by atoms with van der Waals surface area (Å²) in [5.74, 6) is 1.90. The van der Waals surface area contributed by atoms with Crippen LogP contribution in [0.15, 0.2) is 133 Å². The number of nitrogens with zero attached hydrogens (tertiary/aromatic N) is 4. The summed E-state index contributed by atoms with van der Waals surface area (Å²) < 4.78 is 27.0. The molecule has 98 heavy (non-hydrogen) atoms. The highest BCUT2D eigenvalue weighted by Crippen LogP contribution is 2.69. The highest BCUT2D eigenvalue weighted by Gasteiger charge is 2.52. The fraction of sp³-hybridized carbons (Fsp3) is 0.310. The van der Waals surface area contributed by atoms with Crippen LogP contribution in [-0.4, -0.2) is 0 Å². The van der Waals surface area contributed by atoms with Gasteiger partial charge in [0.15, 0.2) is 22.7 Å². The van der Waals surface area contributed by atoms with E-state index in [0.717, 1.165) is 123 Å². The van der Waals surface area contributed by atoms with Crippen LogP contribution >= 0.6 is 90.7 Å². The molecule has 8 aromatic heterocycles. The largest absolute Gasteiger partial charge is 0.536 e. The van der Waals surface area contributed by atoms with Crippen LogP contribution in [0, 0.1) is 35.8 Å². The van der Waals surface area contributed by atoms with Gasteiger partial charge in [-0.3, -0.25) is 0 Å². The molecule has 0 radical (unpaired) electrons. The molecule has 0 N–H and O–H groups in total. The van der Waals surface area contributed by atoms with Gasteiger partial charge in [-0.25, -0.2) is 0 Å². The smallest absolute Gasteiger partial charge is 0.470 e. The highest BCUT2D eigenvalue weighted by atomic mass is 32.1. The number of ether oxygens (including phenoxy) is 2. The van der Waals surface area contributed by atoms with Crippen molar-refractivity contribution in [3.05, 3.63) is 240 Å². The fourth-order valence-corrected chi connectivity index (χ4v) is 24.4. The number of aryl methyl sites for hydroxylation is 4. The van der Waals surface area contributed by atoms with Crippen molar-refractivity contribution >= 4 is 142 Å². The lowest BCUT2D eigenvalue weighted by Gasteiger charge is -2.39. The Hall–Kier alpha value is -7.70. The van der Waals surface area contributed by atoms with E-state index in [0.29, 0.717) is 9.06 Å². The number of nitriles is 2. The van der Waals surface area contributed by atoms with Gasteiger partial charge in [0.25, 0.3) is 0 Å². The highest BCUT2D eigenvalue weighted by molar-refractivity contribution is 7.37. The average Bonchev–Trinajstić information content (AvgIpc) is 1.49. The summed E-state index contributed by atoms with van der Waals surface area (Å²) in [6.07, 6.45) is 27.8. The van der Waals surface area contributed by atoms with Gasteiger partial charge in [0.1, 0.15) is 35.4 Å². The second-order valence-electron chi connectivity index (χ2n) is 25.9. The molecule has 0 atom stereocenters. The molecule has 2 aliphatic rings. The Kier molecular flexibility index (Phi) is 20.7. The van der Waals surface area contributed by atoms with Gasteiger partial charge < -0.3 is 9.47 Å². The molecule has 0 saturated carbocycles. The average molecular weight is 1430 g/mol. The van der Waals surface area contributed by atoms with Crippen molar-refractivity contribution in [2.45, 2.75) is 167 Å². The van der Waals surface area contributed by atoms with Crippen LogP contribution in [0.2, 0.25) is 0 Å². The van der Waals surface area contributed by atoms with Crippen molar-refractivity contribution in [1.29, 1.82) is 10.5 Å². The molecule has 0 aliphatic carbocycles. The van der Waals surface area contributed by atoms with Crippen LogP contribution in [0.5, 0.6) is 11.5 Å². The lowest BCUT2D eigenvalue weighted by molar-refractivity contribution is 0.157. The zero-order valence-corrected chi connectivity index (χ0v) is 62.4. The van der Waals surface area contributed by atoms with Crippen molar-refractivity contribution < 1.29 is 9.47 Å². The Morgan fingerprint density at radius 1 is 0.398 bits per heavy atom. The third-order valence-electron chi connectivity index (χ3n) is 19.3. The molecule has 0 saturated heterocycles. The van der Waals surface area contributed by atoms with E-state index in [9.17, 15) is 10.5 Å². The van der Waals surface area contributed by atoms with Crippen LogP contribution in [0.3, 0.4) is 0 Å². The monoisotopic (exact) mass is 1430 g/mol.